The summed E-state index contributed by atoms with van der Waals surface area (Å²) in [5, 5.41) is 17.8. The Morgan fingerprint density at radius 2 is 1.95 bits per heavy atom. The molecule has 20 heavy (non-hydrogen) atoms. The number of hydrogen-bond acceptors (Lipinski definition) is 4. The Labute approximate surface area is 122 Å². The first-order valence-electron chi connectivity index (χ1n) is 6.40. The van der Waals surface area contributed by atoms with E-state index in [0.717, 1.165) is 29.1 Å². The van der Waals surface area contributed by atoms with E-state index in [9.17, 15) is 4.79 Å². The molecule has 1 aromatic carbocycles. The van der Waals surface area contributed by atoms with Crippen molar-refractivity contribution in [3.8, 4) is 5.69 Å². The third-order valence-electron chi connectivity index (χ3n) is 3.00. The molecule has 0 bridgehead atoms. The summed E-state index contributed by atoms with van der Waals surface area (Å²) in [6.07, 6.45) is 0.744. The average molecular weight is 291 g/mol. The van der Waals surface area contributed by atoms with Crippen molar-refractivity contribution in [2.24, 2.45) is 0 Å². The van der Waals surface area contributed by atoms with Gasteiger partial charge in [0.15, 0.2) is 5.16 Å². The lowest BCUT2D eigenvalue weighted by Gasteiger charge is -2.14. The van der Waals surface area contributed by atoms with Crippen LogP contribution in [0.2, 0.25) is 0 Å². The van der Waals surface area contributed by atoms with E-state index < -0.39 is 5.97 Å². The van der Waals surface area contributed by atoms with Crippen LogP contribution in [-0.4, -0.2) is 31.6 Å². The summed E-state index contributed by atoms with van der Waals surface area (Å²) < 4.78 is 1.97. The standard InChI is InChI=1S/C14H17N3O2S/c1-4-11-15-16-14(20-8-12(18)19)17(11)13-9(2)6-5-7-10(13)3/h5-7H,4,8H2,1-3H3,(H,18,19). The second kappa shape index (κ2) is 6.09. The number of para-hydroxylation sites is 1. The molecule has 0 fully saturated rings. The van der Waals surface area contributed by atoms with Crippen LogP contribution < -0.4 is 0 Å². The number of aliphatic carboxylic acids is 1. The monoisotopic (exact) mass is 291 g/mol. The van der Waals surface area contributed by atoms with Crippen molar-refractivity contribution < 1.29 is 9.90 Å². The zero-order valence-electron chi connectivity index (χ0n) is 11.8. The van der Waals surface area contributed by atoms with Crippen LogP contribution in [0.1, 0.15) is 23.9 Å². The zero-order chi connectivity index (χ0) is 14.7. The second-order valence-corrected chi connectivity index (χ2v) is 5.45. The van der Waals surface area contributed by atoms with E-state index in [1.54, 1.807) is 0 Å². The van der Waals surface area contributed by atoms with Crippen LogP contribution in [0.5, 0.6) is 0 Å². The van der Waals surface area contributed by atoms with Crippen LogP contribution in [0.3, 0.4) is 0 Å². The van der Waals surface area contributed by atoms with Gasteiger partial charge in [0, 0.05) is 6.42 Å². The van der Waals surface area contributed by atoms with Gasteiger partial charge in [-0.05, 0) is 25.0 Å². The molecule has 0 amide bonds. The lowest BCUT2D eigenvalue weighted by Crippen LogP contribution is -2.07. The van der Waals surface area contributed by atoms with Crippen LogP contribution in [-0.2, 0) is 11.2 Å². The molecule has 1 heterocycles. The van der Waals surface area contributed by atoms with E-state index in [1.807, 2.05) is 43.5 Å². The minimum atomic E-state index is -0.857. The lowest BCUT2D eigenvalue weighted by atomic mass is 10.1. The summed E-state index contributed by atoms with van der Waals surface area (Å²) in [7, 11) is 0. The normalized spacial score (nSPS) is 10.8. The molecule has 2 rings (SSSR count). The highest BCUT2D eigenvalue weighted by Gasteiger charge is 2.17. The fourth-order valence-corrected chi connectivity index (χ4v) is 2.81. The Morgan fingerprint density at radius 3 is 2.50 bits per heavy atom. The van der Waals surface area contributed by atoms with Crippen molar-refractivity contribution in [1.29, 1.82) is 0 Å². The molecule has 2 aromatic rings. The van der Waals surface area contributed by atoms with E-state index >= 15 is 0 Å². The van der Waals surface area contributed by atoms with Crippen molar-refractivity contribution >= 4 is 17.7 Å². The van der Waals surface area contributed by atoms with Crippen LogP contribution in [0.4, 0.5) is 0 Å². The first-order valence-corrected chi connectivity index (χ1v) is 7.38. The topological polar surface area (TPSA) is 68.0 Å². The first kappa shape index (κ1) is 14.6. The maximum atomic E-state index is 10.8. The van der Waals surface area contributed by atoms with Crippen LogP contribution in [0.15, 0.2) is 23.4 Å². The van der Waals surface area contributed by atoms with Gasteiger partial charge in [-0.2, -0.15) is 0 Å². The van der Waals surface area contributed by atoms with E-state index in [4.69, 9.17) is 5.11 Å². The van der Waals surface area contributed by atoms with Gasteiger partial charge in [0.1, 0.15) is 5.82 Å². The van der Waals surface area contributed by atoms with Gasteiger partial charge in [0.2, 0.25) is 0 Å². The van der Waals surface area contributed by atoms with Gasteiger partial charge in [0.25, 0.3) is 0 Å². The molecule has 1 N–H and O–H groups in total. The van der Waals surface area contributed by atoms with Crippen LogP contribution in [0.25, 0.3) is 5.69 Å². The van der Waals surface area contributed by atoms with E-state index in [1.165, 1.54) is 11.8 Å². The quantitative estimate of drug-likeness (QED) is 0.858. The molecule has 0 spiro atoms. The molecule has 0 saturated carbocycles. The highest BCUT2D eigenvalue weighted by Crippen LogP contribution is 2.26. The summed E-state index contributed by atoms with van der Waals surface area (Å²) in [6, 6.07) is 6.08. The van der Waals surface area contributed by atoms with E-state index in [-0.39, 0.29) is 5.75 Å². The van der Waals surface area contributed by atoms with Gasteiger partial charge in [0.05, 0.1) is 11.4 Å². The summed E-state index contributed by atoms with van der Waals surface area (Å²) in [5.74, 6) is -0.0355. The number of rotatable bonds is 5. The SMILES string of the molecule is CCc1nnc(SCC(=O)O)n1-c1c(C)cccc1C. The number of aromatic nitrogens is 3. The predicted octanol–water partition coefficient (Wildman–Crippen LogP) is 2.62. The molecule has 0 aliphatic rings. The Morgan fingerprint density at radius 1 is 1.30 bits per heavy atom. The minimum Gasteiger partial charge on any atom is -0.481 e. The Hall–Kier alpha value is -1.82. The Kier molecular flexibility index (Phi) is 4.44. The molecular weight excluding hydrogens is 274 g/mol. The summed E-state index contributed by atoms with van der Waals surface area (Å²) in [4.78, 5) is 10.8. The second-order valence-electron chi connectivity index (χ2n) is 4.51. The first-order chi connectivity index (χ1) is 9.54. The number of carbonyl (C=O) groups is 1. The molecular formula is C14H17N3O2S. The molecule has 6 heteroatoms. The lowest BCUT2D eigenvalue weighted by molar-refractivity contribution is -0.133. The molecule has 0 saturated heterocycles. The third-order valence-corrected chi connectivity index (χ3v) is 3.92. The third kappa shape index (κ3) is 2.85. The molecule has 106 valence electrons. The largest absolute Gasteiger partial charge is 0.481 e. The molecule has 5 nitrogen and oxygen atoms in total. The average Bonchev–Trinajstić information content (AvgIpc) is 2.79. The van der Waals surface area contributed by atoms with Crippen molar-refractivity contribution in [1.82, 2.24) is 14.8 Å². The molecule has 0 aliphatic heterocycles. The summed E-state index contributed by atoms with van der Waals surface area (Å²) in [6.45, 7) is 6.08. The maximum Gasteiger partial charge on any atom is 0.313 e. The summed E-state index contributed by atoms with van der Waals surface area (Å²) in [5.41, 5.74) is 3.29. The molecule has 0 radical (unpaired) electrons. The van der Waals surface area contributed by atoms with Gasteiger partial charge in [-0.25, -0.2) is 0 Å². The molecule has 0 aliphatic carbocycles. The highest BCUT2D eigenvalue weighted by atomic mass is 32.2. The van der Waals surface area contributed by atoms with Gasteiger partial charge >= 0.3 is 5.97 Å². The van der Waals surface area contributed by atoms with Gasteiger partial charge < -0.3 is 5.11 Å². The number of thioether (sulfide) groups is 1. The van der Waals surface area contributed by atoms with Crippen molar-refractivity contribution in [3.63, 3.8) is 0 Å². The van der Waals surface area contributed by atoms with Crippen molar-refractivity contribution in [2.75, 3.05) is 5.75 Å². The molecule has 0 unspecified atom stereocenters. The van der Waals surface area contributed by atoms with Crippen LogP contribution >= 0.6 is 11.8 Å². The predicted molar refractivity (Wildman–Crippen MR) is 78.6 cm³/mol. The number of hydrogen-bond donors (Lipinski definition) is 1. The van der Waals surface area contributed by atoms with Crippen molar-refractivity contribution in [3.05, 3.63) is 35.2 Å². The van der Waals surface area contributed by atoms with E-state index in [2.05, 4.69) is 10.2 Å². The van der Waals surface area contributed by atoms with Gasteiger partial charge in [-0.15, -0.1) is 10.2 Å². The number of carboxylic acids is 1. The zero-order valence-corrected chi connectivity index (χ0v) is 12.6. The Bertz CT molecular complexity index is 617. The van der Waals surface area contributed by atoms with E-state index in [0.29, 0.717) is 5.16 Å². The minimum absolute atomic E-state index is 0.0211. The molecule has 0 atom stereocenters. The maximum absolute atomic E-state index is 10.8. The van der Waals surface area contributed by atoms with Crippen molar-refractivity contribution in [2.45, 2.75) is 32.3 Å². The van der Waals surface area contributed by atoms with Crippen LogP contribution in [0, 0.1) is 13.8 Å². The number of benzene rings is 1. The van der Waals surface area contributed by atoms with Gasteiger partial charge in [-0.1, -0.05) is 36.9 Å². The smallest absolute Gasteiger partial charge is 0.313 e. The summed E-state index contributed by atoms with van der Waals surface area (Å²) >= 11 is 1.19. The fourth-order valence-electron chi connectivity index (χ4n) is 2.13. The number of carboxylic acid groups (broad SMARTS) is 1. The Balaban J connectivity index is 2.53. The highest BCUT2D eigenvalue weighted by molar-refractivity contribution is 7.99. The fraction of sp³-hybridized carbons (Fsp3) is 0.357. The number of nitrogens with zero attached hydrogens (tertiary/aromatic N) is 3. The number of aryl methyl sites for hydroxylation is 3. The van der Waals surface area contributed by atoms with Gasteiger partial charge in [-0.3, -0.25) is 9.36 Å². The molecule has 1 aromatic heterocycles.